The van der Waals surface area contributed by atoms with Crippen LogP contribution in [0.3, 0.4) is 0 Å². The van der Waals surface area contributed by atoms with Gasteiger partial charge in [0.2, 0.25) is 17.7 Å². The third kappa shape index (κ3) is 2.38. The molecule has 4 atom stereocenters. The Kier molecular flexibility index (Phi) is 4.07. The van der Waals surface area contributed by atoms with Crippen molar-refractivity contribution >= 4 is 46.4 Å². The molecule has 2 aromatic carbocycles. The number of nitro benzene ring substituents is 1. The van der Waals surface area contributed by atoms with Gasteiger partial charge in [-0.3, -0.25) is 29.4 Å². The normalized spacial score (nSPS) is 30.1. The highest BCUT2D eigenvalue weighted by Gasteiger charge is 2.74. The van der Waals surface area contributed by atoms with Crippen LogP contribution in [-0.2, 0) is 19.9 Å². The van der Waals surface area contributed by atoms with E-state index in [1.165, 1.54) is 12.1 Å². The highest BCUT2D eigenvalue weighted by atomic mass is 35.5. The molecule has 4 heterocycles. The van der Waals surface area contributed by atoms with Crippen LogP contribution in [0.2, 0.25) is 5.02 Å². The highest BCUT2D eigenvalue weighted by molar-refractivity contribution is 6.33. The van der Waals surface area contributed by atoms with Crippen LogP contribution in [0, 0.1) is 28.9 Å². The Morgan fingerprint density at radius 2 is 1.94 bits per heavy atom. The van der Waals surface area contributed by atoms with Gasteiger partial charge in [-0.1, -0.05) is 29.3 Å². The quantitative estimate of drug-likeness (QED) is 0.413. The zero-order valence-electron chi connectivity index (χ0n) is 17.6. The number of rotatable bonds is 2. The average molecular weight is 467 g/mol. The predicted octanol–water partition coefficient (Wildman–Crippen LogP) is 2.99. The van der Waals surface area contributed by atoms with Crippen LogP contribution in [-0.4, -0.2) is 40.1 Å². The highest BCUT2D eigenvalue weighted by Crippen LogP contribution is 2.60. The largest absolute Gasteiger partial charge is 0.324 e. The summed E-state index contributed by atoms with van der Waals surface area (Å²) in [5, 5.41) is 14.2. The van der Waals surface area contributed by atoms with Crippen molar-refractivity contribution in [3.63, 3.8) is 0 Å². The van der Waals surface area contributed by atoms with Gasteiger partial charge in [0.05, 0.1) is 22.4 Å². The van der Waals surface area contributed by atoms with Crippen molar-refractivity contribution in [1.29, 1.82) is 0 Å². The van der Waals surface area contributed by atoms with E-state index >= 15 is 0 Å². The first kappa shape index (κ1) is 20.3. The lowest BCUT2D eigenvalue weighted by Crippen LogP contribution is -2.54. The fourth-order valence-electron chi connectivity index (χ4n) is 6.35. The molecule has 1 spiro atoms. The number of anilines is 2. The Balaban J connectivity index is 1.54. The van der Waals surface area contributed by atoms with E-state index in [-0.39, 0.29) is 28.3 Å². The Bertz CT molecular complexity index is 1300. The molecule has 3 saturated heterocycles. The number of amides is 3. The fourth-order valence-corrected chi connectivity index (χ4v) is 6.54. The Labute approximate surface area is 193 Å². The molecule has 168 valence electrons. The van der Waals surface area contributed by atoms with Crippen molar-refractivity contribution in [1.82, 2.24) is 4.90 Å². The standard InChI is InChI=1S/C23H19ClN4O5/c1-11-4-7-15-13(9-11)23(22(31)25-15)19-18(16-3-2-8-26(16)23)20(29)27(21(19)30)12-5-6-14(24)17(10-12)28(32)33/h4-7,9-10,16,18-19H,2-3,8H2,1H3,(H,25,31)/t16-,18-,19-,23+/m0/s1. The summed E-state index contributed by atoms with van der Waals surface area (Å²) >= 11 is 5.94. The molecular weight excluding hydrogens is 448 g/mol. The third-order valence-corrected chi connectivity index (χ3v) is 7.85. The third-order valence-electron chi connectivity index (χ3n) is 7.53. The molecule has 0 aliphatic carbocycles. The van der Waals surface area contributed by atoms with E-state index in [2.05, 4.69) is 5.32 Å². The van der Waals surface area contributed by atoms with Crippen molar-refractivity contribution in [2.24, 2.45) is 11.8 Å². The maximum Gasteiger partial charge on any atom is 0.289 e. The summed E-state index contributed by atoms with van der Waals surface area (Å²) in [4.78, 5) is 55.0. The van der Waals surface area contributed by atoms with Gasteiger partial charge in [0, 0.05) is 23.4 Å². The molecule has 3 fully saturated rings. The fraction of sp³-hybridized carbons (Fsp3) is 0.348. The molecule has 0 saturated carbocycles. The van der Waals surface area contributed by atoms with E-state index in [1.54, 1.807) is 0 Å². The number of nitrogens with one attached hydrogen (secondary N) is 1. The predicted molar refractivity (Wildman–Crippen MR) is 119 cm³/mol. The summed E-state index contributed by atoms with van der Waals surface area (Å²) < 4.78 is 0. The number of nitrogens with zero attached hydrogens (tertiary/aromatic N) is 3. The monoisotopic (exact) mass is 466 g/mol. The molecule has 0 bridgehead atoms. The van der Waals surface area contributed by atoms with Crippen LogP contribution in [0.5, 0.6) is 0 Å². The molecule has 0 aromatic heterocycles. The second-order valence-corrected chi connectivity index (χ2v) is 9.49. The van der Waals surface area contributed by atoms with Gasteiger partial charge in [-0.25, -0.2) is 4.90 Å². The van der Waals surface area contributed by atoms with Crippen molar-refractivity contribution in [2.75, 3.05) is 16.8 Å². The Morgan fingerprint density at radius 3 is 2.70 bits per heavy atom. The Morgan fingerprint density at radius 1 is 1.15 bits per heavy atom. The number of benzene rings is 2. The zero-order chi connectivity index (χ0) is 23.2. The molecule has 0 radical (unpaired) electrons. The van der Waals surface area contributed by atoms with E-state index in [1.807, 2.05) is 30.0 Å². The lowest BCUT2D eigenvalue weighted by atomic mass is 9.75. The van der Waals surface area contributed by atoms with Crippen molar-refractivity contribution in [3.8, 4) is 0 Å². The van der Waals surface area contributed by atoms with Gasteiger partial charge >= 0.3 is 0 Å². The van der Waals surface area contributed by atoms with E-state index in [0.29, 0.717) is 18.7 Å². The number of halogens is 1. The minimum absolute atomic E-state index is 0.0824. The van der Waals surface area contributed by atoms with Gasteiger partial charge in [0.1, 0.15) is 10.6 Å². The van der Waals surface area contributed by atoms with E-state index in [0.717, 1.165) is 28.5 Å². The molecule has 3 amide bonds. The lowest BCUT2D eigenvalue weighted by molar-refractivity contribution is -0.384. The molecule has 9 nitrogen and oxygen atoms in total. The second kappa shape index (κ2) is 6.61. The van der Waals surface area contributed by atoms with Gasteiger partial charge in [-0.2, -0.15) is 0 Å². The van der Waals surface area contributed by atoms with Crippen LogP contribution in [0.4, 0.5) is 17.1 Å². The summed E-state index contributed by atoms with van der Waals surface area (Å²) in [6.45, 7) is 2.54. The number of carbonyl (C=O) groups excluding carboxylic acids is 3. The summed E-state index contributed by atoms with van der Waals surface area (Å²) in [6.07, 6.45) is 1.52. The minimum Gasteiger partial charge on any atom is -0.324 e. The molecule has 2 aromatic rings. The molecule has 1 N–H and O–H groups in total. The second-order valence-electron chi connectivity index (χ2n) is 9.08. The number of aryl methyl sites for hydroxylation is 1. The zero-order valence-corrected chi connectivity index (χ0v) is 18.3. The maximum atomic E-state index is 13.9. The number of carbonyl (C=O) groups is 3. The van der Waals surface area contributed by atoms with Gasteiger partial charge in [-0.15, -0.1) is 0 Å². The maximum absolute atomic E-state index is 13.9. The average Bonchev–Trinajstić information content (AvgIpc) is 3.47. The van der Waals surface area contributed by atoms with Gasteiger partial charge in [0.25, 0.3) is 5.69 Å². The lowest BCUT2D eigenvalue weighted by Gasteiger charge is -2.36. The topological polar surface area (TPSA) is 113 Å². The molecule has 6 rings (SSSR count). The molecule has 10 heteroatoms. The van der Waals surface area contributed by atoms with Crippen LogP contribution in [0.25, 0.3) is 0 Å². The first-order chi connectivity index (χ1) is 15.8. The summed E-state index contributed by atoms with van der Waals surface area (Å²) in [5.74, 6) is -2.85. The number of fused-ring (bicyclic) bond motifs is 7. The first-order valence-corrected chi connectivity index (χ1v) is 11.2. The van der Waals surface area contributed by atoms with E-state index in [9.17, 15) is 24.5 Å². The number of hydrogen-bond acceptors (Lipinski definition) is 6. The summed E-state index contributed by atoms with van der Waals surface area (Å²) in [6, 6.07) is 9.27. The van der Waals surface area contributed by atoms with E-state index in [4.69, 9.17) is 11.6 Å². The number of hydrogen-bond donors (Lipinski definition) is 1. The molecule has 33 heavy (non-hydrogen) atoms. The smallest absolute Gasteiger partial charge is 0.289 e. The van der Waals surface area contributed by atoms with E-state index < -0.39 is 34.1 Å². The number of imide groups is 1. The van der Waals surface area contributed by atoms with Gasteiger partial charge in [0.15, 0.2) is 0 Å². The van der Waals surface area contributed by atoms with Crippen LogP contribution >= 0.6 is 11.6 Å². The molecular formula is C23H19ClN4O5. The van der Waals surface area contributed by atoms with Crippen molar-refractivity contribution < 1.29 is 19.3 Å². The molecule has 0 unspecified atom stereocenters. The summed E-state index contributed by atoms with van der Waals surface area (Å²) in [7, 11) is 0. The van der Waals surface area contributed by atoms with Crippen LogP contribution in [0.1, 0.15) is 24.0 Å². The summed E-state index contributed by atoms with van der Waals surface area (Å²) in [5.41, 5.74) is 0.759. The SMILES string of the molecule is Cc1ccc2c(c1)[C@]1(C(=O)N2)[C@@H]2C(=O)N(c3ccc(Cl)c([N+](=O)[O-])c3)C(=O)[C@H]2[C@@H]2CCCN21. The minimum atomic E-state index is -1.27. The van der Waals surface area contributed by atoms with Crippen LogP contribution in [0.15, 0.2) is 36.4 Å². The first-order valence-electron chi connectivity index (χ1n) is 10.8. The van der Waals surface area contributed by atoms with Gasteiger partial charge < -0.3 is 5.32 Å². The van der Waals surface area contributed by atoms with Crippen molar-refractivity contribution in [2.45, 2.75) is 31.3 Å². The number of nitro groups is 1. The van der Waals surface area contributed by atoms with Crippen LogP contribution < -0.4 is 10.2 Å². The van der Waals surface area contributed by atoms with Crippen molar-refractivity contribution in [3.05, 3.63) is 62.7 Å². The molecule has 4 aliphatic heterocycles. The molecule has 4 aliphatic rings. The Hall–Kier alpha value is -3.30. The van der Waals surface area contributed by atoms with Gasteiger partial charge in [-0.05, 0) is 44.5 Å².